The Kier molecular flexibility index (Phi) is 1.30. The first kappa shape index (κ1) is 5.94. The summed E-state index contributed by atoms with van der Waals surface area (Å²) in [6.45, 7) is 0. The molecule has 4 heteroatoms. The van der Waals surface area contributed by atoms with E-state index in [9.17, 15) is 4.79 Å². The molecule has 0 saturated carbocycles. The zero-order valence-corrected chi connectivity index (χ0v) is 5.16. The van der Waals surface area contributed by atoms with Crippen molar-refractivity contribution in [2.45, 2.75) is 6.17 Å². The van der Waals surface area contributed by atoms with Crippen LogP contribution in [-0.2, 0) is 4.79 Å². The van der Waals surface area contributed by atoms with E-state index < -0.39 is 0 Å². The SMILES string of the molecule is CN1C=C(N)NC1C=O. The quantitative estimate of drug-likeness (QED) is 0.434. The highest BCUT2D eigenvalue weighted by Gasteiger charge is 2.16. The van der Waals surface area contributed by atoms with Crippen LogP contribution in [0.25, 0.3) is 0 Å². The van der Waals surface area contributed by atoms with Gasteiger partial charge >= 0.3 is 0 Å². The molecule has 1 heterocycles. The van der Waals surface area contributed by atoms with Crippen LogP contribution in [0.3, 0.4) is 0 Å². The van der Waals surface area contributed by atoms with Gasteiger partial charge in [0.05, 0.1) is 0 Å². The molecule has 0 radical (unpaired) electrons. The summed E-state index contributed by atoms with van der Waals surface area (Å²) in [5, 5.41) is 2.75. The highest BCUT2D eigenvalue weighted by atomic mass is 16.1. The molecule has 0 aromatic heterocycles. The molecule has 1 unspecified atom stereocenters. The summed E-state index contributed by atoms with van der Waals surface area (Å²) in [4.78, 5) is 11.9. The molecule has 9 heavy (non-hydrogen) atoms. The average Bonchev–Trinajstić information content (AvgIpc) is 2.10. The number of hydrogen-bond acceptors (Lipinski definition) is 4. The first-order valence-electron chi connectivity index (χ1n) is 2.65. The van der Waals surface area contributed by atoms with Crippen molar-refractivity contribution < 1.29 is 4.79 Å². The third kappa shape index (κ3) is 0.960. The van der Waals surface area contributed by atoms with Crippen LogP contribution < -0.4 is 11.1 Å². The lowest BCUT2D eigenvalue weighted by Gasteiger charge is -2.12. The second-order valence-corrected chi connectivity index (χ2v) is 1.98. The first-order valence-corrected chi connectivity index (χ1v) is 2.65. The number of nitrogens with two attached hydrogens (primary N) is 1. The Hall–Kier alpha value is -1.19. The second kappa shape index (κ2) is 1.97. The van der Waals surface area contributed by atoms with Crippen LogP contribution in [0.15, 0.2) is 12.0 Å². The molecule has 0 spiro atoms. The van der Waals surface area contributed by atoms with Crippen LogP contribution >= 0.6 is 0 Å². The summed E-state index contributed by atoms with van der Waals surface area (Å²) in [5.74, 6) is 0.537. The van der Waals surface area contributed by atoms with Gasteiger partial charge in [-0.1, -0.05) is 0 Å². The van der Waals surface area contributed by atoms with E-state index in [1.165, 1.54) is 0 Å². The lowest BCUT2D eigenvalue weighted by molar-refractivity contribution is -0.111. The zero-order chi connectivity index (χ0) is 6.85. The van der Waals surface area contributed by atoms with Crippen molar-refractivity contribution in [2.75, 3.05) is 7.05 Å². The van der Waals surface area contributed by atoms with Crippen molar-refractivity contribution in [1.29, 1.82) is 0 Å². The predicted molar refractivity (Wildman–Crippen MR) is 33.0 cm³/mol. The Bertz CT molecular complexity index is 154. The molecule has 1 aliphatic rings. The maximum absolute atomic E-state index is 10.2. The van der Waals surface area contributed by atoms with Gasteiger partial charge in [0.15, 0.2) is 12.5 Å². The van der Waals surface area contributed by atoms with Crippen LogP contribution in [0.2, 0.25) is 0 Å². The van der Waals surface area contributed by atoms with Crippen LogP contribution in [0, 0.1) is 0 Å². The smallest absolute Gasteiger partial charge is 0.162 e. The molecule has 0 amide bonds. The summed E-state index contributed by atoms with van der Waals surface area (Å²) in [6, 6.07) is 0. The topological polar surface area (TPSA) is 58.4 Å². The minimum atomic E-state index is -0.273. The Morgan fingerprint density at radius 1 is 2.00 bits per heavy atom. The van der Waals surface area contributed by atoms with Gasteiger partial charge in [-0.05, 0) is 0 Å². The molecule has 0 bridgehead atoms. The van der Waals surface area contributed by atoms with Gasteiger partial charge in [0, 0.05) is 13.2 Å². The van der Waals surface area contributed by atoms with E-state index in [-0.39, 0.29) is 6.17 Å². The van der Waals surface area contributed by atoms with Crippen molar-refractivity contribution in [1.82, 2.24) is 10.2 Å². The van der Waals surface area contributed by atoms with Crippen molar-refractivity contribution in [3.8, 4) is 0 Å². The number of hydrogen-bond donors (Lipinski definition) is 2. The minimum absolute atomic E-state index is 0.273. The van der Waals surface area contributed by atoms with Gasteiger partial charge in [-0.2, -0.15) is 0 Å². The molecule has 3 N–H and O–H groups in total. The maximum atomic E-state index is 10.2. The summed E-state index contributed by atoms with van der Waals surface area (Å²) < 4.78 is 0. The summed E-state index contributed by atoms with van der Waals surface area (Å²) in [6.07, 6.45) is 2.21. The normalized spacial score (nSPS) is 25.2. The largest absolute Gasteiger partial charge is 0.384 e. The molecular formula is C5H9N3O. The third-order valence-electron chi connectivity index (χ3n) is 1.22. The van der Waals surface area contributed by atoms with Gasteiger partial charge in [0.25, 0.3) is 0 Å². The highest BCUT2D eigenvalue weighted by molar-refractivity contribution is 5.58. The van der Waals surface area contributed by atoms with E-state index in [1.807, 2.05) is 0 Å². The predicted octanol–water partition coefficient (Wildman–Crippen LogP) is -1.20. The molecule has 1 aliphatic heterocycles. The van der Waals surface area contributed by atoms with E-state index in [1.54, 1.807) is 18.1 Å². The second-order valence-electron chi connectivity index (χ2n) is 1.98. The lowest BCUT2D eigenvalue weighted by Crippen LogP contribution is -2.36. The molecule has 0 aromatic carbocycles. The van der Waals surface area contributed by atoms with Gasteiger partial charge in [-0.25, -0.2) is 0 Å². The van der Waals surface area contributed by atoms with Gasteiger partial charge < -0.3 is 16.0 Å². The first-order chi connectivity index (χ1) is 4.24. The minimum Gasteiger partial charge on any atom is -0.384 e. The number of nitrogens with one attached hydrogen (secondary N) is 1. The lowest BCUT2D eigenvalue weighted by atomic mass is 10.5. The fourth-order valence-electron chi connectivity index (χ4n) is 0.740. The van der Waals surface area contributed by atoms with Crippen LogP contribution in [0.1, 0.15) is 0 Å². The van der Waals surface area contributed by atoms with E-state index in [4.69, 9.17) is 5.73 Å². The monoisotopic (exact) mass is 127 g/mol. The highest BCUT2D eigenvalue weighted by Crippen LogP contribution is 2.00. The molecule has 1 rings (SSSR count). The number of carbonyl (C=O) groups excluding carboxylic acids is 1. The molecule has 50 valence electrons. The number of aldehydes is 1. The van der Waals surface area contributed by atoms with Crippen molar-refractivity contribution in [2.24, 2.45) is 5.73 Å². The molecule has 0 saturated heterocycles. The van der Waals surface area contributed by atoms with Gasteiger partial charge in [0.2, 0.25) is 0 Å². The molecule has 1 atom stereocenters. The van der Waals surface area contributed by atoms with E-state index >= 15 is 0 Å². The Balaban J connectivity index is 2.59. The average molecular weight is 127 g/mol. The third-order valence-corrected chi connectivity index (χ3v) is 1.22. The van der Waals surface area contributed by atoms with Crippen LogP contribution in [0.5, 0.6) is 0 Å². The Labute approximate surface area is 53.3 Å². The standard InChI is InChI=1S/C5H9N3O/c1-8-2-4(6)7-5(8)3-9/h2-3,5,7H,6H2,1H3. The number of likely N-dealkylation sites (N-methyl/N-ethyl adjacent to an activating group) is 1. The van der Waals surface area contributed by atoms with Gasteiger partial charge in [-0.3, -0.25) is 4.79 Å². The summed E-state index contributed by atoms with van der Waals surface area (Å²) in [5.41, 5.74) is 5.34. The molecule has 4 nitrogen and oxygen atoms in total. The Morgan fingerprint density at radius 3 is 2.89 bits per heavy atom. The fraction of sp³-hybridized carbons (Fsp3) is 0.400. The zero-order valence-electron chi connectivity index (χ0n) is 5.16. The van der Waals surface area contributed by atoms with Crippen molar-refractivity contribution in [3.63, 3.8) is 0 Å². The summed E-state index contributed by atoms with van der Waals surface area (Å²) >= 11 is 0. The molecular weight excluding hydrogens is 118 g/mol. The number of nitrogens with zero attached hydrogens (tertiary/aromatic N) is 1. The van der Waals surface area contributed by atoms with Crippen molar-refractivity contribution in [3.05, 3.63) is 12.0 Å². The van der Waals surface area contributed by atoms with Crippen LogP contribution in [0.4, 0.5) is 0 Å². The fourth-order valence-corrected chi connectivity index (χ4v) is 0.740. The molecule has 0 aromatic rings. The summed E-state index contributed by atoms with van der Waals surface area (Å²) in [7, 11) is 1.78. The van der Waals surface area contributed by atoms with Crippen molar-refractivity contribution >= 4 is 6.29 Å². The molecule has 0 aliphatic carbocycles. The molecule has 0 fully saturated rings. The number of rotatable bonds is 1. The van der Waals surface area contributed by atoms with E-state index in [0.717, 1.165) is 6.29 Å². The number of carbonyl (C=O) groups is 1. The maximum Gasteiger partial charge on any atom is 0.162 e. The van der Waals surface area contributed by atoms with Gasteiger partial charge in [0.1, 0.15) is 5.82 Å². The van der Waals surface area contributed by atoms with E-state index in [0.29, 0.717) is 5.82 Å². The van der Waals surface area contributed by atoms with Crippen LogP contribution in [-0.4, -0.2) is 24.4 Å². The van der Waals surface area contributed by atoms with E-state index in [2.05, 4.69) is 5.32 Å². The Morgan fingerprint density at radius 2 is 2.67 bits per heavy atom. The van der Waals surface area contributed by atoms with Gasteiger partial charge in [-0.15, -0.1) is 0 Å².